The highest BCUT2D eigenvalue weighted by molar-refractivity contribution is 5.97. The molecule has 0 saturated carbocycles. The van der Waals surface area contributed by atoms with E-state index in [2.05, 4.69) is 81.1 Å². The fraction of sp³-hybridized carbons (Fsp3) is 0.364. The predicted octanol–water partition coefficient (Wildman–Crippen LogP) is 6.36. The van der Waals surface area contributed by atoms with E-state index in [0.717, 1.165) is 72.9 Å². The minimum Gasteiger partial charge on any atom is -0.348 e. The number of hydrogen-bond acceptors (Lipinski definition) is 5. The number of H-pyrrole nitrogens is 1. The molecule has 0 radical (unpaired) electrons. The lowest BCUT2D eigenvalue weighted by Gasteiger charge is -2.21. The molecule has 0 unspecified atom stereocenters. The number of imidazole rings is 1. The van der Waals surface area contributed by atoms with Crippen LogP contribution in [0.5, 0.6) is 0 Å². The number of nitrogens with one attached hydrogen (secondary N) is 1. The van der Waals surface area contributed by atoms with Gasteiger partial charge in [-0.2, -0.15) is 0 Å². The van der Waals surface area contributed by atoms with E-state index < -0.39 is 0 Å². The van der Waals surface area contributed by atoms with Crippen molar-refractivity contribution in [2.45, 2.75) is 66.2 Å². The molecule has 2 aromatic carbocycles. The molecule has 4 aromatic rings. The lowest BCUT2D eigenvalue weighted by Crippen LogP contribution is -2.24. The van der Waals surface area contributed by atoms with Crippen LogP contribution in [-0.4, -0.2) is 43.6 Å². The number of Topliss-reactive ketones (excluding diaryl/α,β-unsaturated/α-hetero) is 1. The molecule has 4 rings (SSSR count). The summed E-state index contributed by atoms with van der Waals surface area (Å²) >= 11 is 0. The number of benzene rings is 2. The largest absolute Gasteiger partial charge is 0.348 e. The summed E-state index contributed by atoms with van der Waals surface area (Å²) in [7, 11) is 0. The second-order valence-corrected chi connectivity index (χ2v) is 10.3. The second kappa shape index (κ2) is 14.5. The maximum absolute atomic E-state index is 13.0. The van der Waals surface area contributed by atoms with E-state index in [4.69, 9.17) is 0 Å². The summed E-state index contributed by atoms with van der Waals surface area (Å²) in [5.41, 5.74) is 6.30. The smallest absolute Gasteiger partial charge is 0.167 e. The van der Waals surface area contributed by atoms with Crippen LogP contribution in [0.15, 0.2) is 79.1 Å². The fourth-order valence-electron chi connectivity index (χ4n) is 4.95. The number of rotatable bonds is 15. The third kappa shape index (κ3) is 8.98. The Balaban J connectivity index is 1.36. The van der Waals surface area contributed by atoms with Crippen LogP contribution in [0.25, 0.3) is 0 Å². The molecule has 1 N–H and O–H groups in total. The van der Waals surface area contributed by atoms with Gasteiger partial charge in [0.25, 0.3) is 0 Å². The summed E-state index contributed by atoms with van der Waals surface area (Å²) < 4.78 is 0. The molecule has 0 atom stereocenters. The highest BCUT2D eigenvalue weighted by Gasteiger charge is 2.13. The normalized spacial score (nSPS) is 11.4. The van der Waals surface area contributed by atoms with Crippen LogP contribution >= 0.6 is 0 Å². The summed E-state index contributed by atoms with van der Waals surface area (Å²) in [6, 6.07) is 22.7. The van der Waals surface area contributed by atoms with Crippen LogP contribution in [0.1, 0.15) is 70.9 Å². The van der Waals surface area contributed by atoms with Gasteiger partial charge in [-0.3, -0.25) is 19.6 Å². The van der Waals surface area contributed by atoms with Gasteiger partial charge < -0.3 is 4.98 Å². The van der Waals surface area contributed by atoms with Crippen molar-refractivity contribution in [1.29, 1.82) is 0 Å². The zero-order valence-electron chi connectivity index (χ0n) is 23.6. The monoisotopic (exact) mass is 523 g/mol. The molecule has 0 aliphatic carbocycles. The Morgan fingerprint density at radius 2 is 1.41 bits per heavy atom. The number of carbonyl (C=O) groups is 1. The number of aromatic nitrogens is 3. The highest BCUT2D eigenvalue weighted by Crippen LogP contribution is 2.16. The Morgan fingerprint density at radius 3 is 2.03 bits per heavy atom. The number of carbonyl (C=O) groups excluding carboxylic acids is 1. The first-order valence-electron chi connectivity index (χ1n) is 14.1. The molecule has 0 spiro atoms. The lowest BCUT2D eigenvalue weighted by molar-refractivity contribution is 0.0993. The predicted molar refractivity (Wildman–Crippen MR) is 157 cm³/mol. The van der Waals surface area contributed by atoms with Gasteiger partial charge in [-0.1, -0.05) is 68.4 Å². The minimum absolute atomic E-state index is 0.143. The molecule has 0 aliphatic heterocycles. The topological polar surface area (TPSA) is 65.1 Å². The van der Waals surface area contributed by atoms with Crippen LogP contribution in [0.2, 0.25) is 0 Å². The standard InChI is InChI=1S/C33H41N5O/c1-4-19-37(20-5-2)22-28-11-9-27(10-12-28)21-32(39)30-15-13-29(14-16-30)23-38(25-33-34-17-18-35-33)24-31-8-6-7-26(3)36-31/h6-18H,4-5,19-25H2,1-3H3,(H,34,35). The van der Waals surface area contributed by atoms with Gasteiger partial charge >= 0.3 is 0 Å². The van der Waals surface area contributed by atoms with Gasteiger partial charge in [-0.05, 0) is 61.7 Å². The SMILES string of the molecule is CCCN(CCC)Cc1ccc(CC(=O)c2ccc(CN(Cc3cccc(C)n3)Cc3ncc[nH]3)cc2)cc1. The van der Waals surface area contributed by atoms with Crippen molar-refractivity contribution >= 4 is 5.78 Å². The van der Waals surface area contributed by atoms with Gasteiger partial charge in [-0.15, -0.1) is 0 Å². The number of hydrogen-bond donors (Lipinski definition) is 1. The average Bonchev–Trinajstić information content (AvgIpc) is 3.43. The highest BCUT2D eigenvalue weighted by atomic mass is 16.1. The molecular formula is C33H41N5O. The van der Waals surface area contributed by atoms with Crippen LogP contribution < -0.4 is 0 Å². The molecule has 2 heterocycles. The quantitative estimate of drug-likeness (QED) is 0.184. The molecule has 0 saturated heterocycles. The van der Waals surface area contributed by atoms with Crippen molar-refractivity contribution in [3.05, 3.63) is 119 Å². The van der Waals surface area contributed by atoms with Crippen LogP contribution in [0.3, 0.4) is 0 Å². The van der Waals surface area contributed by atoms with Gasteiger partial charge in [0.1, 0.15) is 5.82 Å². The molecule has 6 nitrogen and oxygen atoms in total. The molecule has 0 bridgehead atoms. The molecule has 0 fully saturated rings. The second-order valence-electron chi connectivity index (χ2n) is 10.3. The molecule has 2 aromatic heterocycles. The van der Waals surface area contributed by atoms with Gasteiger partial charge in [0.05, 0.1) is 12.2 Å². The Hall–Kier alpha value is -3.61. The molecule has 0 aliphatic rings. The number of ketones is 1. The zero-order chi connectivity index (χ0) is 27.5. The van der Waals surface area contributed by atoms with E-state index in [0.29, 0.717) is 19.5 Å². The van der Waals surface area contributed by atoms with E-state index in [1.807, 2.05) is 37.4 Å². The van der Waals surface area contributed by atoms with Crippen molar-refractivity contribution in [3.63, 3.8) is 0 Å². The van der Waals surface area contributed by atoms with Crippen molar-refractivity contribution in [2.75, 3.05) is 13.1 Å². The van der Waals surface area contributed by atoms with E-state index in [1.54, 1.807) is 6.20 Å². The Labute approximate surface area is 233 Å². The van der Waals surface area contributed by atoms with Crippen LogP contribution in [0, 0.1) is 6.92 Å². The van der Waals surface area contributed by atoms with Gasteiger partial charge in [0.15, 0.2) is 5.78 Å². The van der Waals surface area contributed by atoms with Crippen molar-refractivity contribution < 1.29 is 4.79 Å². The van der Waals surface area contributed by atoms with E-state index >= 15 is 0 Å². The number of aromatic amines is 1. The summed E-state index contributed by atoms with van der Waals surface area (Å²) in [5, 5.41) is 0. The van der Waals surface area contributed by atoms with Gasteiger partial charge in [0, 0.05) is 49.7 Å². The van der Waals surface area contributed by atoms with Crippen molar-refractivity contribution in [2.24, 2.45) is 0 Å². The van der Waals surface area contributed by atoms with Gasteiger partial charge in [-0.25, -0.2) is 4.98 Å². The number of aryl methyl sites for hydroxylation is 1. The summed E-state index contributed by atoms with van der Waals surface area (Å²) in [6.07, 6.45) is 6.37. The lowest BCUT2D eigenvalue weighted by atomic mass is 10.0. The number of pyridine rings is 1. The van der Waals surface area contributed by atoms with E-state index in [1.165, 1.54) is 5.56 Å². The summed E-state index contributed by atoms with van der Waals surface area (Å²) in [4.78, 5) is 30.1. The fourth-order valence-corrected chi connectivity index (χ4v) is 4.95. The number of nitrogens with zero attached hydrogens (tertiary/aromatic N) is 4. The van der Waals surface area contributed by atoms with Crippen LogP contribution in [-0.2, 0) is 32.6 Å². The Morgan fingerprint density at radius 1 is 0.769 bits per heavy atom. The van der Waals surface area contributed by atoms with E-state index in [9.17, 15) is 4.79 Å². The van der Waals surface area contributed by atoms with Crippen molar-refractivity contribution in [3.8, 4) is 0 Å². The zero-order valence-corrected chi connectivity index (χ0v) is 23.6. The Bertz CT molecular complexity index is 1280. The third-order valence-corrected chi connectivity index (χ3v) is 6.82. The molecule has 39 heavy (non-hydrogen) atoms. The molecule has 204 valence electrons. The first kappa shape index (κ1) is 28.4. The first-order valence-corrected chi connectivity index (χ1v) is 14.1. The van der Waals surface area contributed by atoms with Gasteiger partial charge in [0.2, 0.25) is 0 Å². The van der Waals surface area contributed by atoms with Crippen LogP contribution in [0.4, 0.5) is 0 Å². The summed E-state index contributed by atoms with van der Waals surface area (Å²) in [6.45, 7) is 11.8. The Kier molecular flexibility index (Phi) is 10.6. The maximum atomic E-state index is 13.0. The molecular weight excluding hydrogens is 482 g/mol. The average molecular weight is 524 g/mol. The maximum Gasteiger partial charge on any atom is 0.167 e. The molecule has 0 amide bonds. The van der Waals surface area contributed by atoms with E-state index in [-0.39, 0.29) is 5.78 Å². The molecule has 6 heteroatoms. The minimum atomic E-state index is 0.143. The first-order chi connectivity index (χ1) is 19.0. The summed E-state index contributed by atoms with van der Waals surface area (Å²) in [5.74, 6) is 1.06. The third-order valence-electron chi connectivity index (χ3n) is 6.82. The van der Waals surface area contributed by atoms with Crippen molar-refractivity contribution in [1.82, 2.24) is 24.8 Å².